The van der Waals surface area contributed by atoms with E-state index in [1.165, 1.54) is 10.4 Å². The summed E-state index contributed by atoms with van der Waals surface area (Å²) < 4.78 is 67.7. The number of anilines is 2. The van der Waals surface area contributed by atoms with Gasteiger partial charge in [-0.15, -0.1) is 0 Å². The number of carbonyl (C=O) groups excluding carboxylic acids is 1. The van der Waals surface area contributed by atoms with Gasteiger partial charge in [0.25, 0.3) is 0 Å². The third-order valence-electron chi connectivity index (χ3n) is 6.03. The van der Waals surface area contributed by atoms with Gasteiger partial charge in [0.2, 0.25) is 15.9 Å². The molecule has 11 heteroatoms. The van der Waals surface area contributed by atoms with Gasteiger partial charge in [0.15, 0.2) is 0 Å². The minimum absolute atomic E-state index is 0.0610. The van der Waals surface area contributed by atoms with E-state index in [4.69, 9.17) is 0 Å². The van der Waals surface area contributed by atoms with Crippen molar-refractivity contribution in [1.29, 1.82) is 0 Å². The van der Waals surface area contributed by atoms with Crippen LogP contribution in [0.4, 0.5) is 24.5 Å². The molecule has 33 heavy (non-hydrogen) atoms. The first kappa shape index (κ1) is 24.0. The number of hydrogen-bond donors (Lipinski definition) is 0. The lowest BCUT2D eigenvalue weighted by molar-refractivity contribution is -0.137. The molecular weight excluding hydrogens is 523 g/mol. The van der Waals surface area contributed by atoms with Crippen molar-refractivity contribution in [3.8, 4) is 0 Å². The predicted octanol–water partition coefficient (Wildman–Crippen LogP) is 4.28. The second-order valence-corrected chi connectivity index (χ2v) is 10.8. The highest BCUT2D eigenvalue weighted by atomic mass is 79.9. The van der Waals surface area contributed by atoms with Crippen LogP contribution < -0.4 is 9.80 Å². The van der Waals surface area contributed by atoms with Gasteiger partial charge in [-0.1, -0.05) is 13.0 Å². The Balaban J connectivity index is 1.54. The number of piperazine rings is 1. The van der Waals surface area contributed by atoms with E-state index >= 15 is 0 Å². The van der Waals surface area contributed by atoms with E-state index in [0.29, 0.717) is 35.2 Å². The van der Waals surface area contributed by atoms with Crippen LogP contribution in [0.1, 0.15) is 24.5 Å². The summed E-state index contributed by atoms with van der Waals surface area (Å²) >= 11 is 3.38. The van der Waals surface area contributed by atoms with E-state index in [1.807, 2.05) is 0 Å². The molecule has 0 N–H and O–H groups in total. The molecule has 2 aliphatic rings. The fourth-order valence-corrected chi connectivity index (χ4v) is 6.73. The topological polar surface area (TPSA) is 60.9 Å². The zero-order valence-electron chi connectivity index (χ0n) is 17.9. The van der Waals surface area contributed by atoms with E-state index in [0.717, 1.165) is 17.7 Å². The number of amides is 1. The molecule has 0 saturated carbocycles. The van der Waals surface area contributed by atoms with Crippen molar-refractivity contribution >= 4 is 43.2 Å². The molecule has 1 fully saturated rings. The molecule has 6 nitrogen and oxygen atoms in total. The Morgan fingerprint density at radius 2 is 1.76 bits per heavy atom. The third kappa shape index (κ3) is 4.63. The summed E-state index contributed by atoms with van der Waals surface area (Å²) in [4.78, 5) is 15.7. The number of fused-ring (bicyclic) bond motifs is 1. The van der Waals surface area contributed by atoms with E-state index in [2.05, 4.69) is 15.9 Å². The second-order valence-electron chi connectivity index (χ2n) is 8.00. The van der Waals surface area contributed by atoms with Crippen molar-refractivity contribution < 1.29 is 26.4 Å². The lowest BCUT2D eigenvalue weighted by atomic mass is 10.1. The van der Waals surface area contributed by atoms with E-state index in [1.54, 1.807) is 34.9 Å². The van der Waals surface area contributed by atoms with Gasteiger partial charge in [0.1, 0.15) is 0 Å². The summed E-state index contributed by atoms with van der Waals surface area (Å²) in [6, 6.07) is 8.35. The maximum Gasteiger partial charge on any atom is 0.416 e. The van der Waals surface area contributed by atoms with Gasteiger partial charge < -0.3 is 9.80 Å². The van der Waals surface area contributed by atoms with E-state index in [9.17, 15) is 26.4 Å². The van der Waals surface area contributed by atoms with Crippen molar-refractivity contribution in [3.63, 3.8) is 0 Å². The molecule has 0 aromatic heterocycles. The molecule has 4 rings (SSSR count). The molecular formula is C22H23BrF3N3O3S. The highest BCUT2D eigenvalue weighted by molar-refractivity contribution is 9.10. The molecule has 1 amide bonds. The van der Waals surface area contributed by atoms with Gasteiger partial charge in [-0.3, -0.25) is 4.79 Å². The smallest absolute Gasteiger partial charge is 0.369 e. The summed E-state index contributed by atoms with van der Waals surface area (Å²) in [7, 11) is -3.87. The predicted molar refractivity (Wildman–Crippen MR) is 123 cm³/mol. The van der Waals surface area contributed by atoms with Gasteiger partial charge in [0, 0.05) is 55.0 Å². The first-order valence-corrected chi connectivity index (χ1v) is 12.8. The van der Waals surface area contributed by atoms with Crippen molar-refractivity contribution in [2.24, 2.45) is 0 Å². The molecule has 2 heterocycles. The average Bonchev–Trinajstić information content (AvgIpc) is 3.20. The number of halogens is 4. The van der Waals surface area contributed by atoms with Crippen molar-refractivity contribution in [1.82, 2.24) is 4.31 Å². The molecule has 2 aliphatic heterocycles. The molecule has 1 saturated heterocycles. The number of sulfonamides is 1. The van der Waals surface area contributed by atoms with Gasteiger partial charge in [-0.05, 0) is 58.2 Å². The highest BCUT2D eigenvalue weighted by Crippen LogP contribution is 2.37. The molecule has 0 spiro atoms. The zero-order valence-corrected chi connectivity index (χ0v) is 20.3. The first-order chi connectivity index (χ1) is 15.5. The molecule has 178 valence electrons. The molecule has 0 radical (unpaired) electrons. The fourth-order valence-electron chi connectivity index (χ4n) is 4.24. The number of carbonyl (C=O) groups is 1. The van der Waals surface area contributed by atoms with Crippen LogP contribution in [-0.4, -0.2) is 51.4 Å². The average molecular weight is 546 g/mol. The van der Waals surface area contributed by atoms with Gasteiger partial charge >= 0.3 is 6.18 Å². The Labute approximate surface area is 199 Å². The van der Waals surface area contributed by atoms with Crippen LogP contribution >= 0.6 is 15.9 Å². The quantitative estimate of drug-likeness (QED) is 0.575. The van der Waals surface area contributed by atoms with Crippen LogP contribution in [0, 0.1) is 0 Å². The number of hydrogen-bond acceptors (Lipinski definition) is 4. The van der Waals surface area contributed by atoms with Crippen molar-refractivity contribution in [2.45, 2.75) is 30.8 Å². The lowest BCUT2D eigenvalue weighted by Gasteiger charge is -2.35. The van der Waals surface area contributed by atoms with Gasteiger partial charge in [0.05, 0.1) is 10.5 Å². The van der Waals surface area contributed by atoms with Crippen molar-refractivity contribution in [2.75, 3.05) is 42.5 Å². The summed E-state index contributed by atoms with van der Waals surface area (Å²) in [5, 5.41) is 0. The van der Waals surface area contributed by atoms with Crippen LogP contribution in [0.3, 0.4) is 0 Å². The Morgan fingerprint density at radius 1 is 1.06 bits per heavy atom. The van der Waals surface area contributed by atoms with Gasteiger partial charge in [-0.2, -0.15) is 17.5 Å². The van der Waals surface area contributed by atoms with Crippen LogP contribution in [0.2, 0.25) is 0 Å². The maximum absolute atomic E-state index is 13.4. The molecule has 0 unspecified atom stereocenters. The third-order valence-corrected chi connectivity index (χ3v) is 8.88. The van der Waals surface area contributed by atoms with Crippen LogP contribution in [0.25, 0.3) is 0 Å². The number of benzene rings is 2. The number of alkyl halides is 3. The summed E-state index contributed by atoms with van der Waals surface area (Å²) in [6.45, 7) is 3.10. The summed E-state index contributed by atoms with van der Waals surface area (Å²) in [6.07, 6.45) is -3.45. The fraction of sp³-hybridized carbons (Fsp3) is 0.409. The Morgan fingerprint density at radius 3 is 2.39 bits per heavy atom. The highest BCUT2D eigenvalue weighted by Gasteiger charge is 2.34. The SMILES string of the molecule is CCC(=O)N1CCc2cc(Br)c(S(=O)(=O)N3CCN(c4cccc(C(F)(F)F)c4)CC3)cc21. The number of rotatable bonds is 4. The molecule has 2 aromatic carbocycles. The number of nitrogens with zero attached hydrogens (tertiary/aromatic N) is 3. The van der Waals surface area contributed by atoms with E-state index in [-0.39, 0.29) is 37.0 Å². The summed E-state index contributed by atoms with van der Waals surface area (Å²) in [5.41, 5.74) is 1.21. The minimum Gasteiger partial charge on any atom is -0.369 e. The lowest BCUT2D eigenvalue weighted by Crippen LogP contribution is -2.48. The summed E-state index contributed by atoms with van der Waals surface area (Å²) in [5.74, 6) is -0.0610. The zero-order chi connectivity index (χ0) is 24.0. The van der Waals surface area contributed by atoms with Crippen LogP contribution in [0.5, 0.6) is 0 Å². The van der Waals surface area contributed by atoms with E-state index < -0.39 is 21.8 Å². The first-order valence-electron chi connectivity index (χ1n) is 10.6. The monoisotopic (exact) mass is 545 g/mol. The molecule has 0 atom stereocenters. The second kappa shape index (κ2) is 8.92. The standard InChI is InChI=1S/C22H23BrF3N3O3S/c1-2-21(30)29-7-6-15-12-18(23)20(14-19(15)29)33(31,32)28-10-8-27(9-11-28)17-5-3-4-16(13-17)22(24,25)26/h3-5,12-14H,2,6-11H2,1H3. The normalized spacial score (nSPS) is 17.4. The Bertz CT molecular complexity index is 1180. The maximum atomic E-state index is 13.4. The van der Waals surface area contributed by atoms with Gasteiger partial charge in [-0.25, -0.2) is 8.42 Å². The molecule has 2 aromatic rings. The largest absolute Gasteiger partial charge is 0.416 e. The molecule has 0 aliphatic carbocycles. The van der Waals surface area contributed by atoms with Crippen LogP contribution in [-0.2, 0) is 27.4 Å². The Hall–Kier alpha value is -2.11. The Kier molecular flexibility index (Phi) is 6.49. The molecule has 0 bridgehead atoms. The van der Waals surface area contributed by atoms with Crippen LogP contribution in [0.15, 0.2) is 45.8 Å². The van der Waals surface area contributed by atoms with Crippen molar-refractivity contribution in [3.05, 3.63) is 52.0 Å². The minimum atomic E-state index is -4.44.